The first-order valence-electron chi connectivity index (χ1n) is 9.96. The topological polar surface area (TPSA) is 91.6 Å². The maximum Gasteiger partial charge on any atom is 0.266 e. The zero-order chi connectivity index (χ0) is 23.8. The number of aromatic hydroxyl groups is 1. The van der Waals surface area contributed by atoms with Crippen LogP contribution in [0.2, 0.25) is 10.0 Å². The second-order valence-electron chi connectivity index (χ2n) is 6.81. The molecule has 0 unspecified atom stereocenters. The van der Waals surface area contributed by atoms with Gasteiger partial charge in [0, 0.05) is 16.3 Å². The number of anilines is 1. The van der Waals surface area contributed by atoms with Crippen LogP contribution in [0.4, 0.5) is 5.69 Å². The Labute approximate surface area is 201 Å². The van der Waals surface area contributed by atoms with Gasteiger partial charge in [-0.2, -0.15) is 5.26 Å². The molecule has 8 heteroatoms. The van der Waals surface area contributed by atoms with Gasteiger partial charge in [0.05, 0.1) is 11.6 Å². The van der Waals surface area contributed by atoms with E-state index in [4.69, 9.17) is 32.7 Å². The maximum atomic E-state index is 12.5. The van der Waals surface area contributed by atoms with Gasteiger partial charge in [-0.25, -0.2) is 0 Å². The van der Waals surface area contributed by atoms with Crippen molar-refractivity contribution < 1.29 is 19.4 Å². The van der Waals surface area contributed by atoms with Crippen molar-refractivity contribution in [3.05, 3.63) is 87.4 Å². The van der Waals surface area contributed by atoms with Gasteiger partial charge < -0.3 is 19.9 Å². The second-order valence-corrected chi connectivity index (χ2v) is 7.63. The first-order valence-corrected chi connectivity index (χ1v) is 10.7. The summed E-state index contributed by atoms with van der Waals surface area (Å²) in [6, 6.07) is 18.3. The Morgan fingerprint density at radius 3 is 2.48 bits per heavy atom. The summed E-state index contributed by atoms with van der Waals surface area (Å²) in [4.78, 5) is 12.5. The zero-order valence-electron chi connectivity index (χ0n) is 17.6. The number of rotatable bonds is 8. The highest BCUT2D eigenvalue weighted by Crippen LogP contribution is 2.38. The molecular formula is C25H20Cl2N2O4. The molecule has 0 saturated heterocycles. The van der Waals surface area contributed by atoms with E-state index in [1.54, 1.807) is 18.2 Å². The summed E-state index contributed by atoms with van der Waals surface area (Å²) >= 11 is 12.6. The minimum absolute atomic E-state index is 0.0685. The lowest BCUT2D eigenvalue weighted by Gasteiger charge is -2.15. The number of nitriles is 1. The summed E-state index contributed by atoms with van der Waals surface area (Å²) < 4.78 is 11.6. The fraction of sp³-hybridized carbons (Fsp3) is 0.120. The smallest absolute Gasteiger partial charge is 0.266 e. The molecule has 0 aromatic heterocycles. The monoisotopic (exact) mass is 482 g/mol. The van der Waals surface area contributed by atoms with Crippen LogP contribution in [-0.4, -0.2) is 17.6 Å². The lowest BCUT2D eigenvalue weighted by molar-refractivity contribution is -0.112. The van der Waals surface area contributed by atoms with Crippen LogP contribution in [0.3, 0.4) is 0 Å². The Morgan fingerprint density at radius 2 is 1.82 bits per heavy atom. The highest BCUT2D eigenvalue weighted by molar-refractivity contribution is 6.32. The van der Waals surface area contributed by atoms with E-state index in [2.05, 4.69) is 5.32 Å². The Balaban J connectivity index is 1.85. The van der Waals surface area contributed by atoms with E-state index in [0.717, 1.165) is 5.56 Å². The number of hydrogen-bond donors (Lipinski definition) is 2. The van der Waals surface area contributed by atoms with Crippen molar-refractivity contribution >= 4 is 40.9 Å². The quantitative estimate of drug-likeness (QED) is 0.225. The van der Waals surface area contributed by atoms with E-state index in [-0.39, 0.29) is 23.0 Å². The molecule has 3 aromatic carbocycles. The third-order valence-corrected chi connectivity index (χ3v) is 5.11. The predicted octanol–water partition coefficient (Wildman–Crippen LogP) is 6.22. The van der Waals surface area contributed by atoms with Gasteiger partial charge in [-0.3, -0.25) is 4.79 Å². The number of benzene rings is 3. The first kappa shape index (κ1) is 24.0. The number of amides is 1. The number of phenolic OH excluding ortho intramolecular Hbond substituents is 1. The fourth-order valence-corrected chi connectivity index (χ4v) is 3.36. The Bertz CT molecular complexity index is 1220. The first-order chi connectivity index (χ1) is 15.9. The van der Waals surface area contributed by atoms with Crippen molar-refractivity contribution in [2.75, 3.05) is 11.9 Å². The van der Waals surface area contributed by atoms with Gasteiger partial charge in [-0.15, -0.1) is 0 Å². The molecule has 2 N–H and O–H groups in total. The van der Waals surface area contributed by atoms with E-state index < -0.39 is 5.91 Å². The molecule has 6 nitrogen and oxygen atoms in total. The van der Waals surface area contributed by atoms with Crippen molar-refractivity contribution in [2.45, 2.75) is 13.5 Å². The fourth-order valence-electron chi connectivity index (χ4n) is 2.90. The van der Waals surface area contributed by atoms with Crippen LogP contribution < -0.4 is 14.8 Å². The molecule has 3 aromatic rings. The summed E-state index contributed by atoms with van der Waals surface area (Å²) in [5, 5.41) is 22.3. The Hall–Kier alpha value is -3.66. The summed E-state index contributed by atoms with van der Waals surface area (Å²) in [5.74, 6) is 0.178. The molecule has 0 aliphatic carbocycles. The zero-order valence-corrected chi connectivity index (χ0v) is 19.2. The highest BCUT2D eigenvalue weighted by Gasteiger charge is 2.15. The third kappa shape index (κ3) is 6.42. The molecule has 0 spiro atoms. The van der Waals surface area contributed by atoms with Crippen LogP contribution in [-0.2, 0) is 11.4 Å². The van der Waals surface area contributed by atoms with Crippen LogP contribution in [0, 0.1) is 11.3 Å². The predicted molar refractivity (Wildman–Crippen MR) is 129 cm³/mol. The molecule has 1 amide bonds. The molecule has 0 heterocycles. The SMILES string of the molecule is CCOc1cc(/C=C(\C#N)C(=O)Nc2ccc(O)cc2)cc(Cl)c1OCc1ccccc1Cl. The molecular weight excluding hydrogens is 463 g/mol. The number of carbonyl (C=O) groups is 1. The maximum absolute atomic E-state index is 12.5. The van der Waals surface area contributed by atoms with Crippen molar-refractivity contribution in [1.29, 1.82) is 5.26 Å². The molecule has 0 radical (unpaired) electrons. The minimum atomic E-state index is -0.601. The standard InChI is InChI=1S/C25H20Cl2N2O4/c1-2-32-23-13-16(11-18(14-28)25(31)29-19-7-9-20(30)10-8-19)12-22(27)24(23)33-15-17-5-3-4-6-21(17)26/h3-13,30H,2,15H2,1H3,(H,29,31)/b18-11+. The minimum Gasteiger partial charge on any atom is -0.508 e. The second kappa shape index (κ2) is 11.3. The summed E-state index contributed by atoms with van der Waals surface area (Å²) in [7, 11) is 0. The number of phenols is 1. The summed E-state index contributed by atoms with van der Waals surface area (Å²) in [6.07, 6.45) is 1.40. The lowest BCUT2D eigenvalue weighted by atomic mass is 10.1. The molecule has 3 rings (SSSR count). The van der Waals surface area contributed by atoms with Gasteiger partial charge in [0.2, 0.25) is 0 Å². The normalized spacial score (nSPS) is 10.9. The molecule has 0 bridgehead atoms. The molecule has 0 aliphatic heterocycles. The molecule has 33 heavy (non-hydrogen) atoms. The van der Waals surface area contributed by atoms with Crippen LogP contribution in [0.15, 0.2) is 66.2 Å². The average Bonchev–Trinajstić information content (AvgIpc) is 2.79. The number of nitrogens with zero attached hydrogens (tertiary/aromatic N) is 1. The van der Waals surface area contributed by atoms with Gasteiger partial charge in [-0.05, 0) is 61.0 Å². The largest absolute Gasteiger partial charge is 0.508 e. The number of ether oxygens (including phenoxy) is 2. The third-order valence-electron chi connectivity index (χ3n) is 4.46. The van der Waals surface area contributed by atoms with Crippen LogP contribution in [0.25, 0.3) is 6.08 Å². The van der Waals surface area contributed by atoms with Crippen LogP contribution >= 0.6 is 23.2 Å². The molecule has 0 atom stereocenters. The summed E-state index contributed by atoms with van der Waals surface area (Å²) in [6.45, 7) is 2.37. The number of nitrogens with one attached hydrogen (secondary N) is 1. The van der Waals surface area contributed by atoms with Crippen LogP contribution in [0.5, 0.6) is 17.2 Å². The number of hydrogen-bond acceptors (Lipinski definition) is 5. The van der Waals surface area contributed by atoms with E-state index in [1.807, 2.05) is 31.2 Å². The van der Waals surface area contributed by atoms with E-state index in [9.17, 15) is 15.2 Å². The van der Waals surface area contributed by atoms with Crippen molar-refractivity contribution in [1.82, 2.24) is 0 Å². The van der Waals surface area contributed by atoms with Crippen molar-refractivity contribution in [3.8, 4) is 23.3 Å². The van der Waals surface area contributed by atoms with Crippen molar-refractivity contribution in [3.63, 3.8) is 0 Å². The van der Waals surface area contributed by atoms with Gasteiger partial charge in [-0.1, -0.05) is 41.4 Å². The highest BCUT2D eigenvalue weighted by atomic mass is 35.5. The Morgan fingerprint density at radius 1 is 1.09 bits per heavy atom. The number of halogens is 2. The van der Waals surface area contributed by atoms with Gasteiger partial charge in [0.15, 0.2) is 11.5 Å². The molecule has 0 saturated carbocycles. The lowest BCUT2D eigenvalue weighted by Crippen LogP contribution is -2.13. The average molecular weight is 483 g/mol. The van der Waals surface area contributed by atoms with E-state index >= 15 is 0 Å². The van der Waals surface area contributed by atoms with E-state index in [1.165, 1.54) is 30.3 Å². The van der Waals surface area contributed by atoms with E-state index in [0.29, 0.717) is 34.4 Å². The van der Waals surface area contributed by atoms with Crippen molar-refractivity contribution in [2.24, 2.45) is 0 Å². The van der Waals surface area contributed by atoms with Gasteiger partial charge in [0.25, 0.3) is 5.91 Å². The van der Waals surface area contributed by atoms with Crippen LogP contribution in [0.1, 0.15) is 18.1 Å². The number of carbonyl (C=O) groups excluding carboxylic acids is 1. The molecule has 0 aliphatic rings. The van der Waals surface area contributed by atoms with Gasteiger partial charge in [0.1, 0.15) is 24.0 Å². The molecule has 168 valence electrons. The summed E-state index contributed by atoms with van der Waals surface area (Å²) in [5.41, 5.74) is 1.59. The Kier molecular flexibility index (Phi) is 8.20. The van der Waals surface area contributed by atoms with Gasteiger partial charge >= 0.3 is 0 Å². The molecule has 0 fully saturated rings.